The third kappa shape index (κ3) is 3.73. The molecule has 0 radical (unpaired) electrons. The lowest BCUT2D eigenvalue weighted by atomic mass is 9.84. The van der Waals surface area contributed by atoms with Gasteiger partial charge in [-0.25, -0.2) is 0 Å². The first-order valence-electron chi connectivity index (χ1n) is 7.33. The summed E-state index contributed by atoms with van der Waals surface area (Å²) in [4.78, 5) is 0. The third-order valence-electron chi connectivity index (χ3n) is 3.87. The summed E-state index contributed by atoms with van der Waals surface area (Å²) >= 11 is 0. The van der Waals surface area contributed by atoms with Crippen LogP contribution in [0.15, 0.2) is 12.1 Å². The predicted molar refractivity (Wildman–Crippen MR) is 81.2 cm³/mol. The maximum absolute atomic E-state index is 5.54. The van der Waals surface area contributed by atoms with Gasteiger partial charge in [-0.05, 0) is 60.9 Å². The zero-order valence-electron chi connectivity index (χ0n) is 13.0. The molecule has 0 heterocycles. The van der Waals surface area contributed by atoms with E-state index in [1.54, 1.807) is 7.11 Å². The van der Waals surface area contributed by atoms with E-state index in [-0.39, 0.29) is 5.41 Å². The molecule has 1 saturated carbocycles. The molecule has 0 aliphatic heterocycles. The molecule has 0 atom stereocenters. The third-order valence-corrected chi connectivity index (χ3v) is 3.87. The van der Waals surface area contributed by atoms with Gasteiger partial charge in [-0.3, -0.25) is 0 Å². The van der Waals surface area contributed by atoms with Crippen LogP contribution in [0.4, 0.5) is 0 Å². The van der Waals surface area contributed by atoms with E-state index in [1.807, 2.05) is 0 Å². The molecule has 1 aromatic rings. The first-order chi connectivity index (χ1) is 8.91. The molecule has 0 aromatic heterocycles. The largest absolute Gasteiger partial charge is 0.496 e. The first-order valence-corrected chi connectivity index (χ1v) is 7.33. The Balaban J connectivity index is 2.17. The summed E-state index contributed by atoms with van der Waals surface area (Å²) < 4.78 is 5.54. The Morgan fingerprint density at radius 2 is 1.95 bits per heavy atom. The average molecular weight is 261 g/mol. The Hall–Kier alpha value is -1.02. The number of ether oxygens (including phenoxy) is 1. The molecule has 0 bridgehead atoms. The van der Waals surface area contributed by atoms with Crippen LogP contribution in [-0.2, 0) is 11.8 Å². The van der Waals surface area contributed by atoms with E-state index in [4.69, 9.17) is 4.74 Å². The number of benzene rings is 1. The number of aryl methyl sites for hydroxylation is 1. The molecule has 0 amide bonds. The van der Waals surface area contributed by atoms with E-state index in [9.17, 15) is 0 Å². The molecule has 1 fully saturated rings. The molecule has 1 aliphatic carbocycles. The molecular weight excluding hydrogens is 234 g/mol. The maximum atomic E-state index is 5.54. The Labute approximate surface area is 117 Å². The zero-order chi connectivity index (χ0) is 14.0. The van der Waals surface area contributed by atoms with Crippen molar-refractivity contribution in [3.63, 3.8) is 0 Å². The van der Waals surface area contributed by atoms with Crippen LogP contribution >= 0.6 is 0 Å². The second kappa shape index (κ2) is 5.54. The van der Waals surface area contributed by atoms with Gasteiger partial charge in [0.05, 0.1) is 7.11 Å². The Kier molecular flexibility index (Phi) is 4.19. The van der Waals surface area contributed by atoms with Gasteiger partial charge in [0.25, 0.3) is 0 Å². The molecule has 1 aromatic carbocycles. The van der Waals surface area contributed by atoms with E-state index >= 15 is 0 Å². The number of rotatable bonds is 5. The van der Waals surface area contributed by atoms with Crippen molar-refractivity contribution in [3.8, 4) is 5.75 Å². The normalized spacial score (nSPS) is 15.6. The topological polar surface area (TPSA) is 21.3 Å². The van der Waals surface area contributed by atoms with Gasteiger partial charge >= 0.3 is 0 Å². The molecular formula is C17H27NO. The Bertz CT molecular complexity index is 441. The van der Waals surface area contributed by atoms with Crippen molar-refractivity contribution in [2.24, 2.45) is 0 Å². The van der Waals surface area contributed by atoms with Crippen LogP contribution in [-0.4, -0.2) is 19.7 Å². The van der Waals surface area contributed by atoms with Crippen LogP contribution < -0.4 is 10.1 Å². The number of hydrogen-bond acceptors (Lipinski definition) is 2. The minimum Gasteiger partial charge on any atom is -0.496 e. The van der Waals surface area contributed by atoms with Crippen molar-refractivity contribution < 1.29 is 4.74 Å². The Morgan fingerprint density at radius 3 is 2.47 bits per heavy atom. The highest BCUT2D eigenvalue weighted by Crippen LogP contribution is 2.33. The van der Waals surface area contributed by atoms with Gasteiger partial charge in [-0.2, -0.15) is 0 Å². The second-order valence-corrected chi connectivity index (χ2v) is 6.71. The van der Waals surface area contributed by atoms with Crippen LogP contribution in [0.3, 0.4) is 0 Å². The van der Waals surface area contributed by atoms with Crippen LogP contribution in [0.5, 0.6) is 5.75 Å². The van der Waals surface area contributed by atoms with Crippen molar-refractivity contribution >= 4 is 0 Å². The van der Waals surface area contributed by atoms with Crippen LogP contribution in [0.25, 0.3) is 0 Å². The average Bonchev–Trinajstić information content (AvgIpc) is 3.13. The molecule has 1 aliphatic rings. The van der Waals surface area contributed by atoms with E-state index in [1.165, 1.54) is 29.5 Å². The number of nitrogens with one attached hydrogen (secondary N) is 1. The summed E-state index contributed by atoms with van der Waals surface area (Å²) in [6, 6.07) is 5.32. The predicted octanol–water partition coefficient (Wildman–Crippen LogP) is 3.60. The second-order valence-electron chi connectivity index (χ2n) is 6.71. The molecule has 19 heavy (non-hydrogen) atoms. The van der Waals surface area contributed by atoms with E-state index in [0.29, 0.717) is 0 Å². The molecule has 2 rings (SSSR count). The highest BCUT2D eigenvalue weighted by Gasteiger charge is 2.22. The van der Waals surface area contributed by atoms with E-state index in [0.717, 1.165) is 24.8 Å². The van der Waals surface area contributed by atoms with Crippen LogP contribution in [0.2, 0.25) is 0 Å². The summed E-state index contributed by atoms with van der Waals surface area (Å²) in [7, 11) is 1.76. The summed E-state index contributed by atoms with van der Waals surface area (Å²) in [6.45, 7) is 9.99. The van der Waals surface area contributed by atoms with Gasteiger partial charge in [-0.15, -0.1) is 0 Å². The summed E-state index contributed by atoms with van der Waals surface area (Å²) in [5.74, 6) is 1.02. The fraction of sp³-hybridized carbons (Fsp3) is 0.647. The highest BCUT2D eigenvalue weighted by molar-refractivity contribution is 5.45. The molecule has 0 unspecified atom stereocenters. The molecule has 0 saturated heterocycles. The molecule has 106 valence electrons. The van der Waals surface area contributed by atoms with E-state index in [2.05, 4.69) is 45.1 Å². The summed E-state index contributed by atoms with van der Waals surface area (Å²) in [5, 5.41) is 3.59. The summed E-state index contributed by atoms with van der Waals surface area (Å²) in [6.07, 6.45) is 3.82. The van der Waals surface area contributed by atoms with Crippen molar-refractivity contribution in [2.45, 2.75) is 58.4 Å². The minimum atomic E-state index is 0.123. The van der Waals surface area contributed by atoms with Gasteiger partial charge in [0.1, 0.15) is 5.75 Å². The van der Waals surface area contributed by atoms with Crippen molar-refractivity contribution in [2.75, 3.05) is 13.7 Å². The fourth-order valence-electron chi connectivity index (χ4n) is 2.45. The van der Waals surface area contributed by atoms with Gasteiger partial charge in [0.15, 0.2) is 0 Å². The van der Waals surface area contributed by atoms with Gasteiger partial charge in [0, 0.05) is 6.04 Å². The number of methoxy groups -OCH3 is 1. The maximum Gasteiger partial charge on any atom is 0.122 e. The lowest BCUT2D eigenvalue weighted by molar-refractivity contribution is 0.397. The van der Waals surface area contributed by atoms with Crippen molar-refractivity contribution in [1.82, 2.24) is 5.32 Å². The van der Waals surface area contributed by atoms with Crippen molar-refractivity contribution in [3.05, 3.63) is 28.8 Å². The van der Waals surface area contributed by atoms with Crippen molar-refractivity contribution in [1.29, 1.82) is 0 Å². The Morgan fingerprint density at radius 1 is 1.26 bits per heavy atom. The SMILES string of the molecule is COc1cc(C)c(CCNC2CC2)cc1C(C)(C)C. The number of hydrogen-bond donors (Lipinski definition) is 1. The monoisotopic (exact) mass is 261 g/mol. The van der Waals surface area contributed by atoms with E-state index < -0.39 is 0 Å². The quantitative estimate of drug-likeness (QED) is 0.874. The molecule has 2 heteroatoms. The van der Waals surface area contributed by atoms with Gasteiger partial charge in [0.2, 0.25) is 0 Å². The van der Waals surface area contributed by atoms with Crippen LogP contribution in [0.1, 0.15) is 50.3 Å². The fourth-order valence-corrected chi connectivity index (χ4v) is 2.45. The molecule has 1 N–H and O–H groups in total. The standard InChI is InChI=1S/C17H27NO/c1-12-10-16(19-5)15(17(2,3)4)11-13(12)8-9-18-14-6-7-14/h10-11,14,18H,6-9H2,1-5H3. The minimum absolute atomic E-state index is 0.123. The van der Waals surface area contributed by atoms with Gasteiger partial charge < -0.3 is 10.1 Å². The zero-order valence-corrected chi connectivity index (χ0v) is 13.0. The van der Waals surface area contributed by atoms with Crippen LogP contribution in [0, 0.1) is 6.92 Å². The molecule has 0 spiro atoms. The first kappa shape index (κ1) is 14.4. The lowest BCUT2D eigenvalue weighted by Gasteiger charge is -2.24. The highest BCUT2D eigenvalue weighted by atomic mass is 16.5. The lowest BCUT2D eigenvalue weighted by Crippen LogP contribution is -2.20. The summed E-state index contributed by atoms with van der Waals surface area (Å²) in [5.41, 5.74) is 4.21. The smallest absolute Gasteiger partial charge is 0.122 e. The van der Waals surface area contributed by atoms with Gasteiger partial charge in [-0.1, -0.05) is 26.8 Å². The molecule has 2 nitrogen and oxygen atoms in total.